The third-order valence-electron chi connectivity index (χ3n) is 10.3. The maximum absolute atomic E-state index is 14.0. The minimum Gasteiger partial charge on any atom is -0.493 e. The number of ether oxygens (including phenoxy) is 2. The molecule has 3 aromatic rings. The van der Waals surface area contributed by atoms with Crippen LogP contribution in [-0.2, 0) is 16.0 Å². The van der Waals surface area contributed by atoms with Gasteiger partial charge in [-0.1, -0.05) is 69.0 Å². The van der Waals surface area contributed by atoms with Crippen molar-refractivity contribution in [1.82, 2.24) is 4.90 Å². The molecule has 0 N–H and O–H groups in total. The summed E-state index contributed by atoms with van der Waals surface area (Å²) in [7, 11) is 1.63. The number of methoxy groups -OCH3 is 1. The first kappa shape index (κ1) is 34.8. The van der Waals surface area contributed by atoms with Crippen LogP contribution in [0.2, 0.25) is 5.02 Å². The molecule has 0 saturated heterocycles. The van der Waals surface area contributed by atoms with E-state index in [1.54, 1.807) is 7.11 Å². The molecule has 2 aliphatic rings. The molecular formula is C40H51ClN2O4. The van der Waals surface area contributed by atoms with Crippen molar-refractivity contribution in [3.05, 3.63) is 87.9 Å². The van der Waals surface area contributed by atoms with Crippen molar-refractivity contribution in [3.8, 4) is 11.5 Å². The summed E-state index contributed by atoms with van der Waals surface area (Å²) < 4.78 is 12.0. The molecule has 2 amide bonds. The van der Waals surface area contributed by atoms with Crippen molar-refractivity contribution in [1.29, 1.82) is 0 Å². The molecule has 5 atom stereocenters. The lowest BCUT2D eigenvalue weighted by molar-refractivity contribution is -0.138. The molecule has 252 valence electrons. The molecular weight excluding hydrogens is 608 g/mol. The van der Waals surface area contributed by atoms with E-state index in [0.717, 1.165) is 60.0 Å². The van der Waals surface area contributed by atoms with Gasteiger partial charge in [0, 0.05) is 23.2 Å². The maximum atomic E-state index is 14.0. The molecule has 47 heavy (non-hydrogen) atoms. The predicted octanol–water partition coefficient (Wildman–Crippen LogP) is 9.72. The molecule has 1 saturated carbocycles. The summed E-state index contributed by atoms with van der Waals surface area (Å²) in [6.07, 6.45) is 7.80. The van der Waals surface area contributed by atoms with Crippen molar-refractivity contribution in [3.63, 3.8) is 0 Å². The highest BCUT2D eigenvalue weighted by Gasteiger charge is 2.36. The van der Waals surface area contributed by atoms with Crippen LogP contribution in [0.3, 0.4) is 0 Å². The van der Waals surface area contributed by atoms with E-state index >= 15 is 0 Å². The molecule has 1 heterocycles. The Morgan fingerprint density at radius 2 is 1.66 bits per heavy atom. The number of halogens is 1. The van der Waals surface area contributed by atoms with Crippen LogP contribution in [-0.4, -0.2) is 36.5 Å². The summed E-state index contributed by atoms with van der Waals surface area (Å²) in [4.78, 5) is 31.7. The molecule has 1 aliphatic heterocycles. The SMILES string of the molecule is CCC(C)Oc1cc2c(cc1OC)CC(=O)N(c1ccc(C(C)N(CC)C(=O)C3CCCCC(C)CC3)cc1)C2c1ccc(Cl)cc1. The van der Waals surface area contributed by atoms with Crippen molar-refractivity contribution in [2.45, 2.75) is 104 Å². The van der Waals surface area contributed by atoms with Crippen molar-refractivity contribution in [2.75, 3.05) is 18.6 Å². The number of nitrogens with zero attached hydrogens (tertiary/aromatic N) is 2. The van der Waals surface area contributed by atoms with Crippen LogP contribution in [0.1, 0.15) is 114 Å². The molecule has 0 bridgehead atoms. The minimum absolute atomic E-state index is 0.000214. The lowest BCUT2D eigenvalue weighted by Crippen LogP contribution is -2.41. The Bertz CT molecular complexity index is 1520. The number of anilines is 1. The third kappa shape index (κ3) is 7.80. The van der Waals surface area contributed by atoms with Crippen LogP contribution in [0.4, 0.5) is 5.69 Å². The van der Waals surface area contributed by atoms with Gasteiger partial charge in [0.25, 0.3) is 0 Å². The van der Waals surface area contributed by atoms with Gasteiger partial charge in [-0.2, -0.15) is 0 Å². The van der Waals surface area contributed by atoms with Crippen molar-refractivity contribution < 1.29 is 19.1 Å². The van der Waals surface area contributed by atoms with Crippen LogP contribution in [0, 0.1) is 11.8 Å². The van der Waals surface area contributed by atoms with E-state index in [2.05, 4.69) is 39.8 Å². The fourth-order valence-electron chi connectivity index (χ4n) is 7.23. The molecule has 5 unspecified atom stereocenters. The second-order valence-corrected chi connectivity index (χ2v) is 13.9. The van der Waals surface area contributed by atoms with E-state index in [1.165, 1.54) is 12.8 Å². The van der Waals surface area contributed by atoms with Gasteiger partial charge < -0.3 is 19.3 Å². The van der Waals surface area contributed by atoms with Gasteiger partial charge in [-0.25, -0.2) is 0 Å². The van der Waals surface area contributed by atoms with Crippen LogP contribution < -0.4 is 14.4 Å². The number of fused-ring (bicyclic) bond motifs is 1. The largest absolute Gasteiger partial charge is 0.493 e. The Hall–Kier alpha value is -3.51. The van der Waals surface area contributed by atoms with Gasteiger partial charge in [0.05, 0.1) is 31.7 Å². The summed E-state index contributed by atoms with van der Waals surface area (Å²) in [5.41, 5.74) is 4.74. The third-order valence-corrected chi connectivity index (χ3v) is 10.5. The second-order valence-electron chi connectivity index (χ2n) is 13.5. The number of amides is 2. The lowest BCUT2D eigenvalue weighted by Gasteiger charge is -2.38. The molecule has 5 rings (SSSR count). The van der Waals surface area contributed by atoms with E-state index < -0.39 is 0 Å². The lowest BCUT2D eigenvalue weighted by atomic mass is 9.85. The molecule has 3 aromatic carbocycles. The zero-order chi connectivity index (χ0) is 33.7. The normalized spacial score (nSPS) is 21.2. The van der Waals surface area contributed by atoms with Gasteiger partial charge in [0.1, 0.15) is 0 Å². The Morgan fingerprint density at radius 1 is 0.957 bits per heavy atom. The van der Waals surface area contributed by atoms with E-state index in [9.17, 15) is 9.59 Å². The van der Waals surface area contributed by atoms with Crippen LogP contribution in [0.5, 0.6) is 11.5 Å². The first-order valence-electron chi connectivity index (χ1n) is 17.5. The predicted molar refractivity (Wildman–Crippen MR) is 190 cm³/mol. The smallest absolute Gasteiger partial charge is 0.232 e. The summed E-state index contributed by atoms with van der Waals surface area (Å²) >= 11 is 6.30. The van der Waals surface area contributed by atoms with Gasteiger partial charge >= 0.3 is 0 Å². The Balaban J connectivity index is 1.47. The first-order valence-corrected chi connectivity index (χ1v) is 17.9. The quantitative estimate of drug-likeness (QED) is 0.218. The maximum Gasteiger partial charge on any atom is 0.232 e. The molecule has 1 fully saturated rings. The molecule has 1 aliphatic carbocycles. The van der Waals surface area contributed by atoms with Crippen LogP contribution >= 0.6 is 11.6 Å². The van der Waals surface area contributed by atoms with Crippen molar-refractivity contribution in [2.24, 2.45) is 11.8 Å². The topological polar surface area (TPSA) is 59.1 Å². The molecule has 7 heteroatoms. The van der Waals surface area contributed by atoms with Crippen LogP contribution in [0.15, 0.2) is 60.7 Å². The highest BCUT2D eigenvalue weighted by Crippen LogP contribution is 2.44. The minimum atomic E-state index is -0.382. The summed E-state index contributed by atoms with van der Waals surface area (Å²) in [6.45, 7) is 11.3. The number of carbonyl (C=O) groups excluding carboxylic acids is 2. The van der Waals surface area contributed by atoms with Gasteiger partial charge in [-0.05, 0) is 111 Å². The summed E-state index contributed by atoms with van der Waals surface area (Å²) in [5.74, 6) is 2.35. The molecule has 0 radical (unpaired) electrons. The van der Waals surface area contributed by atoms with Crippen LogP contribution in [0.25, 0.3) is 0 Å². The highest BCUT2D eigenvalue weighted by atomic mass is 35.5. The van der Waals surface area contributed by atoms with Gasteiger partial charge in [0.15, 0.2) is 11.5 Å². The van der Waals surface area contributed by atoms with E-state index in [-0.39, 0.29) is 42.3 Å². The molecule has 0 spiro atoms. The molecule has 0 aromatic heterocycles. The monoisotopic (exact) mass is 658 g/mol. The average molecular weight is 659 g/mol. The highest BCUT2D eigenvalue weighted by molar-refractivity contribution is 6.30. The average Bonchev–Trinajstić information content (AvgIpc) is 3.06. The van der Waals surface area contributed by atoms with E-state index in [4.69, 9.17) is 21.1 Å². The zero-order valence-corrected chi connectivity index (χ0v) is 29.7. The summed E-state index contributed by atoms with van der Waals surface area (Å²) in [6, 6.07) is 19.4. The number of benzene rings is 3. The zero-order valence-electron chi connectivity index (χ0n) is 28.9. The molecule has 6 nitrogen and oxygen atoms in total. The summed E-state index contributed by atoms with van der Waals surface area (Å²) in [5, 5.41) is 0.639. The van der Waals surface area contributed by atoms with E-state index in [1.807, 2.05) is 65.3 Å². The fraction of sp³-hybridized carbons (Fsp3) is 0.500. The first-order chi connectivity index (χ1) is 22.6. The standard InChI is InChI=1S/C40H51ClN2O4/c1-7-27(4)47-37-25-35-32(23-36(37)46-6)24-38(44)43(39(35)30-15-19-33(41)20-16-30)34-21-17-29(18-22-34)28(5)42(8-2)40(45)31-12-10-9-11-26(3)13-14-31/h15-23,25-28,31,39H,7-14,24H2,1-6H3. The Morgan fingerprint density at radius 3 is 2.32 bits per heavy atom. The fourth-order valence-corrected chi connectivity index (χ4v) is 7.35. The van der Waals surface area contributed by atoms with Gasteiger partial charge in [-0.3, -0.25) is 9.59 Å². The number of rotatable bonds is 10. The number of carbonyl (C=O) groups is 2. The van der Waals surface area contributed by atoms with Gasteiger partial charge in [-0.15, -0.1) is 0 Å². The number of hydrogen-bond acceptors (Lipinski definition) is 4. The number of hydrogen-bond donors (Lipinski definition) is 0. The van der Waals surface area contributed by atoms with Gasteiger partial charge in [0.2, 0.25) is 11.8 Å². The van der Waals surface area contributed by atoms with Crippen molar-refractivity contribution >= 4 is 29.1 Å². The van der Waals surface area contributed by atoms with E-state index in [0.29, 0.717) is 29.0 Å². The Labute approximate surface area is 286 Å². The Kier molecular flexibility index (Phi) is 11.5. The second kappa shape index (κ2) is 15.6.